The summed E-state index contributed by atoms with van der Waals surface area (Å²) in [4.78, 5) is 11.8. The molecule has 0 radical (unpaired) electrons. The Bertz CT molecular complexity index is 534. The van der Waals surface area contributed by atoms with Crippen molar-refractivity contribution in [2.75, 3.05) is 0 Å². The highest BCUT2D eigenvalue weighted by molar-refractivity contribution is 5.92. The molecule has 1 aromatic carbocycles. The molecule has 0 spiro atoms. The number of hydrogen-bond acceptors (Lipinski definition) is 3. The molecule has 17 heavy (non-hydrogen) atoms. The van der Waals surface area contributed by atoms with E-state index in [1.54, 1.807) is 37.5 Å². The number of nitrogens with zero attached hydrogens (tertiary/aromatic N) is 2. The number of aromatic nitrogens is 2. The van der Waals surface area contributed by atoms with E-state index in [2.05, 4.69) is 10.4 Å². The third-order valence-electron chi connectivity index (χ3n) is 2.48. The molecule has 0 aliphatic rings. The van der Waals surface area contributed by atoms with Crippen LogP contribution in [0.4, 0.5) is 0 Å². The van der Waals surface area contributed by atoms with E-state index in [9.17, 15) is 9.90 Å². The van der Waals surface area contributed by atoms with Gasteiger partial charge in [-0.2, -0.15) is 5.10 Å². The van der Waals surface area contributed by atoms with Crippen LogP contribution in [0.3, 0.4) is 0 Å². The summed E-state index contributed by atoms with van der Waals surface area (Å²) < 4.78 is 1.50. The zero-order valence-electron chi connectivity index (χ0n) is 9.42. The zero-order valence-corrected chi connectivity index (χ0v) is 9.42. The molecular formula is C12H13N3O2. The Hall–Kier alpha value is -2.30. The first kappa shape index (κ1) is 11.2. The van der Waals surface area contributed by atoms with Crippen LogP contribution in [0.5, 0.6) is 5.75 Å². The molecule has 5 heteroatoms. The van der Waals surface area contributed by atoms with Crippen molar-refractivity contribution >= 4 is 5.91 Å². The second kappa shape index (κ2) is 4.69. The smallest absolute Gasteiger partial charge is 0.269 e. The molecule has 5 nitrogen and oxygen atoms in total. The summed E-state index contributed by atoms with van der Waals surface area (Å²) in [6.45, 7) is 0.288. The van der Waals surface area contributed by atoms with Gasteiger partial charge in [0.15, 0.2) is 0 Å². The Morgan fingerprint density at radius 1 is 1.41 bits per heavy atom. The second-order valence-corrected chi connectivity index (χ2v) is 3.65. The summed E-state index contributed by atoms with van der Waals surface area (Å²) in [6.07, 6.45) is 1.56. The van der Waals surface area contributed by atoms with Crippen molar-refractivity contribution in [1.29, 1.82) is 0 Å². The number of amides is 1. The number of rotatable bonds is 3. The van der Waals surface area contributed by atoms with Crippen molar-refractivity contribution in [2.24, 2.45) is 7.05 Å². The maximum absolute atomic E-state index is 11.8. The van der Waals surface area contributed by atoms with Crippen LogP contribution in [-0.2, 0) is 13.6 Å². The number of carbonyl (C=O) groups is 1. The van der Waals surface area contributed by atoms with Gasteiger partial charge in [-0.05, 0) is 12.1 Å². The number of nitrogens with one attached hydrogen (secondary N) is 1. The summed E-state index contributed by atoms with van der Waals surface area (Å²) in [7, 11) is 1.70. The number of phenols is 1. The van der Waals surface area contributed by atoms with E-state index >= 15 is 0 Å². The molecule has 1 amide bonds. The van der Waals surface area contributed by atoms with Gasteiger partial charge in [-0.3, -0.25) is 9.48 Å². The fraction of sp³-hybridized carbons (Fsp3) is 0.167. The number of para-hydroxylation sites is 1. The average molecular weight is 231 g/mol. The van der Waals surface area contributed by atoms with Crippen molar-refractivity contribution < 1.29 is 9.90 Å². The second-order valence-electron chi connectivity index (χ2n) is 3.65. The number of aromatic hydroxyl groups is 1. The lowest BCUT2D eigenvalue weighted by atomic mass is 10.2. The summed E-state index contributed by atoms with van der Waals surface area (Å²) in [5.41, 5.74) is 1.17. The van der Waals surface area contributed by atoms with Gasteiger partial charge < -0.3 is 10.4 Å². The fourth-order valence-electron chi connectivity index (χ4n) is 1.52. The predicted molar refractivity (Wildman–Crippen MR) is 62.5 cm³/mol. The van der Waals surface area contributed by atoms with Gasteiger partial charge in [0.25, 0.3) is 5.91 Å². The number of aryl methyl sites for hydroxylation is 1. The van der Waals surface area contributed by atoms with Crippen molar-refractivity contribution in [2.45, 2.75) is 6.54 Å². The van der Waals surface area contributed by atoms with Crippen LogP contribution >= 0.6 is 0 Å². The maximum atomic E-state index is 11.8. The van der Waals surface area contributed by atoms with E-state index in [4.69, 9.17) is 0 Å². The Balaban J connectivity index is 2.02. The highest BCUT2D eigenvalue weighted by Crippen LogP contribution is 2.14. The first-order valence-electron chi connectivity index (χ1n) is 5.21. The Labute approximate surface area is 98.7 Å². The largest absolute Gasteiger partial charge is 0.508 e. The van der Waals surface area contributed by atoms with Crippen molar-refractivity contribution in [3.05, 3.63) is 47.8 Å². The molecular weight excluding hydrogens is 218 g/mol. The van der Waals surface area contributed by atoms with Gasteiger partial charge in [0.2, 0.25) is 0 Å². The molecule has 2 aromatic rings. The lowest BCUT2D eigenvalue weighted by Crippen LogP contribution is -2.25. The van der Waals surface area contributed by atoms with Crippen molar-refractivity contribution in [3.8, 4) is 5.75 Å². The molecule has 1 aromatic heterocycles. The van der Waals surface area contributed by atoms with E-state index in [0.717, 1.165) is 0 Å². The van der Waals surface area contributed by atoms with Crippen LogP contribution in [-0.4, -0.2) is 20.8 Å². The maximum Gasteiger partial charge on any atom is 0.269 e. The summed E-state index contributed by atoms with van der Waals surface area (Å²) in [5, 5.41) is 16.2. The molecule has 0 bridgehead atoms. The van der Waals surface area contributed by atoms with Gasteiger partial charge in [0, 0.05) is 25.4 Å². The standard InChI is InChI=1S/C12H13N3O2/c1-15-10(6-7-14-15)12(17)13-8-9-4-2-3-5-11(9)16/h2-7,16H,8H2,1H3,(H,13,17). The molecule has 0 aliphatic heterocycles. The lowest BCUT2D eigenvalue weighted by molar-refractivity contribution is 0.0941. The van der Waals surface area contributed by atoms with Crippen molar-refractivity contribution in [1.82, 2.24) is 15.1 Å². The van der Waals surface area contributed by atoms with Gasteiger partial charge in [-0.15, -0.1) is 0 Å². The molecule has 2 N–H and O–H groups in total. The zero-order chi connectivity index (χ0) is 12.3. The summed E-state index contributed by atoms with van der Waals surface area (Å²) in [5.74, 6) is -0.0361. The molecule has 0 unspecified atom stereocenters. The monoisotopic (exact) mass is 231 g/mol. The summed E-state index contributed by atoms with van der Waals surface area (Å²) >= 11 is 0. The molecule has 0 saturated carbocycles. The average Bonchev–Trinajstić information content (AvgIpc) is 2.74. The Kier molecular flexibility index (Phi) is 3.09. The van der Waals surface area contributed by atoms with Crippen LogP contribution in [0.15, 0.2) is 36.5 Å². The first-order chi connectivity index (χ1) is 8.18. The third-order valence-corrected chi connectivity index (χ3v) is 2.48. The minimum absolute atomic E-state index is 0.179. The topological polar surface area (TPSA) is 67.2 Å². The SMILES string of the molecule is Cn1nccc1C(=O)NCc1ccccc1O. The predicted octanol–water partition coefficient (Wildman–Crippen LogP) is 1.06. The molecule has 0 aliphatic carbocycles. The Morgan fingerprint density at radius 3 is 2.82 bits per heavy atom. The Morgan fingerprint density at radius 2 is 2.18 bits per heavy atom. The molecule has 88 valence electrons. The van der Waals surface area contributed by atoms with Gasteiger partial charge in [-0.25, -0.2) is 0 Å². The molecule has 0 saturated heterocycles. The van der Waals surface area contributed by atoms with Gasteiger partial charge in [0.05, 0.1) is 0 Å². The highest BCUT2D eigenvalue weighted by Gasteiger charge is 2.09. The van der Waals surface area contributed by atoms with E-state index < -0.39 is 0 Å². The molecule has 0 atom stereocenters. The van der Waals surface area contributed by atoms with E-state index in [1.807, 2.05) is 6.07 Å². The minimum atomic E-state index is -0.215. The first-order valence-corrected chi connectivity index (χ1v) is 5.21. The highest BCUT2D eigenvalue weighted by atomic mass is 16.3. The van der Waals surface area contributed by atoms with Gasteiger partial charge in [-0.1, -0.05) is 18.2 Å². The number of benzene rings is 1. The van der Waals surface area contributed by atoms with Crippen molar-refractivity contribution in [3.63, 3.8) is 0 Å². The van der Waals surface area contributed by atoms with Crippen LogP contribution in [0.1, 0.15) is 16.1 Å². The normalized spacial score (nSPS) is 10.2. The lowest BCUT2D eigenvalue weighted by Gasteiger charge is -2.06. The molecule has 0 fully saturated rings. The number of carbonyl (C=O) groups excluding carboxylic acids is 1. The molecule has 2 rings (SSSR count). The van der Waals surface area contributed by atoms with Crippen LogP contribution < -0.4 is 5.32 Å². The van der Waals surface area contributed by atoms with Crippen LogP contribution in [0.25, 0.3) is 0 Å². The quantitative estimate of drug-likeness (QED) is 0.829. The number of hydrogen-bond donors (Lipinski definition) is 2. The van der Waals surface area contributed by atoms with E-state index in [0.29, 0.717) is 11.3 Å². The van der Waals surface area contributed by atoms with E-state index in [1.165, 1.54) is 4.68 Å². The molecule has 1 heterocycles. The fourth-order valence-corrected chi connectivity index (χ4v) is 1.52. The summed E-state index contributed by atoms with van der Waals surface area (Å²) in [6, 6.07) is 8.54. The van der Waals surface area contributed by atoms with Gasteiger partial charge in [0.1, 0.15) is 11.4 Å². The third kappa shape index (κ3) is 2.44. The van der Waals surface area contributed by atoms with Crippen LogP contribution in [0, 0.1) is 0 Å². The van der Waals surface area contributed by atoms with E-state index in [-0.39, 0.29) is 18.2 Å². The number of phenolic OH excluding ortho intramolecular Hbond substituents is 1. The minimum Gasteiger partial charge on any atom is -0.508 e. The van der Waals surface area contributed by atoms with Crippen LogP contribution in [0.2, 0.25) is 0 Å². The van der Waals surface area contributed by atoms with Gasteiger partial charge >= 0.3 is 0 Å².